The van der Waals surface area contributed by atoms with Gasteiger partial charge in [0.2, 0.25) is 0 Å². The molecule has 1 N–H and O–H groups in total. The summed E-state index contributed by atoms with van der Waals surface area (Å²) in [5.74, 6) is 0. The summed E-state index contributed by atoms with van der Waals surface area (Å²) >= 11 is 3.43. The van der Waals surface area contributed by atoms with E-state index in [0.717, 1.165) is 30.5 Å². The highest BCUT2D eigenvalue weighted by Gasteiger charge is 2.18. The van der Waals surface area contributed by atoms with Gasteiger partial charge in [0.25, 0.3) is 0 Å². The molecule has 0 radical (unpaired) electrons. The third kappa shape index (κ3) is 2.72. The van der Waals surface area contributed by atoms with Crippen LogP contribution in [0, 0.1) is 0 Å². The minimum atomic E-state index is 0.0602. The van der Waals surface area contributed by atoms with Crippen molar-refractivity contribution >= 4 is 22.0 Å². The van der Waals surface area contributed by atoms with Crippen LogP contribution in [0.25, 0.3) is 0 Å². The molecule has 80 valence electrons. The highest BCUT2D eigenvalue weighted by molar-refractivity contribution is 9.10. The van der Waals surface area contributed by atoms with Crippen molar-refractivity contribution in [2.45, 2.75) is 6.42 Å². The van der Waals surface area contributed by atoms with Gasteiger partial charge in [0.1, 0.15) is 0 Å². The van der Waals surface area contributed by atoms with E-state index >= 15 is 0 Å². The topological polar surface area (TPSA) is 32.3 Å². The normalized spacial score (nSPS) is 15.5. The van der Waals surface area contributed by atoms with Crippen LogP contribution in [0.15, 0.2) is 28.7 Å². The maximum atomic E-state index is 11.3. The summed E-state index contributed by atoms with van der Waals surface area (Å²) in [4.78, 5) is 13.1. The largest absolute Gasteiger partial charge is 0.336 e. The minimum Gasteiger partial charge on any atom is -0.336 e. The first-order chi connectivity index (χ1) is 7.25. The molecule has 2 amide bonds. The molecule has 15 heavy (non-hydrogen) atoms. The van der Waals surface area contributed by atoms with E-state index in [9.17, 15) is 4.79 Å². The van der Waals surface area contributed by atoms with E-state index in [4.69, 9.17) is 0 Å². The second-order valence-corrected chi connectivity index (χ2v) is 4.51. The Morgan fingerprint density at radius 2 is 2.33 bits per heavy atom. The van der Waals surface area contributed by atoms with Crippen LogP contribution >= 0.6 is 15.9 Å². The maximum Gasteiger partial charge on any atom is 0.317 e. The lowest BCUT2D eigenvalue weighted by Crippen LogP contribution is -2.29. The Bertz CT molecular complexity index is 367. The first-order valence-electron chi connectivity index (χ1n) is 5.03. The van der Waals surface area contributed by atoms with Gasteiger partial charge in [0.05, 0.1) is 0 Å². The van der Waals surface area contributed by atoms with Crippen molar-refractivity contribution in [1.29, 1.82) is 0 Å². The number of amides is 2. The molecule has 1 saturated heterocycles. The molecule has 2 rings (SSSR count). The van der Waals surface area contributed by atoms with Gasteiger partial charge in [-0.1, -0.05) is 28.1 Å². The third-order valence-electron chi connectivity index (χ3n) is 2.50. The summed E-state index contributed by atoms with van der Waals surface area (Å²) in [6.07, 6.45) is 0.910. The Balaban J connectivity index is 1.90. The molecule has 1 aliphatic rings. The summed E-state index contributed by atoms with van der Waals surface area (Å²) in [6, 6.07) is 8.26. The Hall–Kier alpha value is -1.03. The standard InChI is InChI=1S/C11H13BrN2O/c12-10-3-1-2-9(8-10)4-6-14-7-5-13-11(14)15/h1-3,8H,4-7H2,(H,13,15). The van der Waals surface area contributed by atoms with Crippen LogP contribution in [-0.4, -0.2) is 30.6 Å². The SMILES string of the molecule is O=C1NCCN1CCc1cccc(Br)c1. The van der Waals surface area contributed by atoms with E-state index in [2.05, 4.69) is 33.4 Å². The number of nitrogens with one attached hydrogen (secondary N) is 1. The molecule has 1 heterocycles. The smallest absolute Gasteiger partial charge is 0.317 e. The van der Waals surface area contributed by atoms with Crippen molar-refractivity contribution in [3.05, 3.63) is 34.3 Å². The predicted octanol–water partition coefficient (Wildman–Crippen LogP) is 2.02. The van der Waals surface area contributed by atoms with Gasteiger partial charge in [0, 0.05) is 24.1 Å². The minimum absolute atomic E-state index is 0.0602. The lowest BCUT2D eigenvalue weighted by Gasteiger charge is -2.13. The highest BCUT2D eigenvalue weighted by Crippen LogP contribution is 2.12. The molecule has 1 fully saturated rings. The van der Waals surface area contributed by atoms with E-state index in [0.29, 0.717) is 0 Å². The molecule has 4 heteroatoms. The van der Waals surface area contributed by atoms with Crippen molar-refractivity contribution in [3.8, 4) is 0 Å². The number of halogens is 1. The van der Waals surface area contributed by atoms with Crippen LogP contribution in [0.2, 0.25) is 0 Å². The molecule has 1 aliphatic heterocycles. The molecule has 0 saturated carbocycles. The summed E-state index contributed by atoms with van der Waals surface area (Å²) in [5.41, 5.74) is 1.25. The fraction of sp³-hybridized carbons (Fsp3) is 0.364. The Morgan fingerprint density at radius 3 is 3.00 bits per heavy atom. The predicted molar refractivity (Wildman–Crippen MR) is 62.8 cm³/mol. The van der Waals surface area contributed by atoms with E-state index in [1.807, 2.05) is 17.0 Å². The number of carbonyl (C=O) groups is 1. The average molecular weight is 269 g/mol. The molecule has 3 nitrogen and oxygen atoms in total. The molecular weight excluding hydrogens is 256 g/mol. The summed E-state index contributed by atoms with van der Waals surface area (Å²) in [5, 5.41) is 2.79. The summed E-state index contributed by atoms with van der Waals surface area (Å²) < 4.78 is 1.09. The van der Waals surface area contributed by atoms with Gasteiger partial charge in [-0.25, -0.2) is 4.79 Å². The summed E-state index contributed by atoms with van der Waals surface area (Å²) in [7, 11) is 0. The highest BCUT2D eigenvalue weighted by atomic mass is 79.9. The Morgan fingerprint density at radius 1 is 1.47 bits per heavy atom. The Kier molecular flexibility index (Phi) is 3.26. The van der Waals surface area contributed by atoms with Crippen molar-refractivity contribution in [2.24, 2.45) is 0 Å². The number of urea groups is 1. The number of nitrogens with zero attached hydrogens (tertiary/aromatic N) is 1. The van der Waals surface area contributed by atoms with Crippen LogP contribution in [0.1, 0.15) is 5.56 Å². The van der Waals surface area contributed by atoms with Gasteiger partial charge in [0.15, 0.2) is 0 Å². The van der Waals surface area contributed by atoms with E-state index < -0.39 is 0 Å². The van der Waals surface area contributed by atoms with Crippen LogP contribution in [0.5, 0.6) is 0 Å². The second-order valence-electron chi connectivity index (χ2n) is 3.60. The van der Waals surface area contributed by atoms with Crippen molar-refractivity contribution in [1.82, 2.24) is 10.2 Å². The molecule has 0 bridgehead atoms. The number of hydrogen-bond acceptors (Lipinski definition) is 1. The van der Waals surface area contributed by atoms with Crippen LogP contribution in [-0.2, 0) is 6.42 Å². The monoisotopic (exact) mass is 268 g/mol. The van der Waals surface area contributed by atoms with Crippen molar-refractivity contribution < 1.29 is 4.79 Å². The molecule has 0 unspecified atom stereocenters. The van der Waals surface area contributed by atoms with Gasteiger partial charge in [-0.2, -0.15) is 0 Å². The molecule has 1 aromatic carbocycles. The molecule has 1 aromatic rings. The first-order valence-corrected chi connectivity index (χ1v) is 5.82. The van der Waals surface area contributed by atoms with Crippen molar-refractivity contribution in [3.63, 3.8) is 0 Å². The zero-order valence-electron chi connectivity index (χ0n) is 8.37. The van der Waals surface area contributed by atoms with Crippen LogP contribution in [0.3, 0.4) is 0 Å². The number of carbonyl (C=O) groups excluding carboxylic acids is 1. The molecule has 0 aliphatic carbocycles. The quantitative estimate of drug-likeness (QED) is 0.894. The van der Waals surface area contributed by atoms with E-state index in [1.165, 1.54) is 5.56 Å². The molecule has 0 aromatic heterocycles. The Labute approximate surface area is 97.6 Å². The molecule has 0 spiro atoms. The molecule has 0 atom stereocenters. The summed E-state index contributed by atoms with van der Waals surface area (Å²) in [6.45, 7) is 2.40. The van der Waals surface area contributed by atoms with Gasteiger partial charge < -0.3 is 10.2 Å². The number of rotatable bonds is 3. The maximum absolute atomic E-state index is 11.3. The third-order valence-corrected chi connectivity index (χ3v) is 3.00. The van der Waals surface area contributed by atoms with Crippen LogP contribution < -0.4 is 5.32 Å². The lowest BCUT2D eigenvalue weighted by molar-refractivity contribution is 0.218. The number of hydrogen-bond donors (Lipinski definition) is 1. The van der Waals surface area contributed by atoms with E-state index in [-0.39, 0.29) is 6.03 Å². The van der Waals surface area contributed by atoms with Crippen molar-refractivity contribution in [2.75, 3.05) is 19.6 Å². The van der Waals surface area contributed by atoms with Crippen LogP contribution in [0.4, 0.5) is 4.79 Å². The first kappa shape index (κ1) is 10.5. The zero-order valence-corrected chi connectivity index (χ0v) is 9.96. The van der Waals surface area contributed by atoms with Gasteiger partial charge in [-0.3, -0.25) is 0 Å². The lowest BCUT2D eigenvalue weighted by atomic mass is 10.1. The molecular formula is C11H13BrN2O. The second kappa shape index (κ2) is 4.66. The van der Waals surface area contributed by atoms with E-state index in [1.54, 1.807) is 0 Å². The van der Waals surface area contributed by atoms with Gasteiger partial charge >= 0.3 is 6.03 Å². The fourth-order valence-corrected chi connectivity index (χ4v) is 2.13. The average Bonchev–Trinajstić information content (AvgIpc) is 2.61. The fourth-order valence-electron chi connectivity index (χ4n) is 1.68. The number of benzene rings is 1. The zero-order chi connectivity index (χ0) is 10.7. The van der Waals surface area contributed by atoms with Gasteiger partial charge in [-0.05, 0) is 24.1 Å². The van der Waals surface area contributed by atoms with Gasteiger partial charge in [-0.15, -0.1) is 0 Å².